The standard InChI is InChI=1S/C26H19FN2O3/c27-24-9-5-4-6-19(24)12-20-17-32-25-13-22(10-11-23(25)26(20)30)31-16-18-14-28-29(15-18)21-7-2-1-3-8-21/h1-15H,16-17H2. The van der Waals surface area contributed by atoms with Gasteiger partial charge in [0.25, 0.3) is 0 Å². The van der Waals surface area contributed by atoms with Crippen molar-refractivity contribution in [2.75, 3.05) is 6.61 Å². The van der Waals surface area contributed by atoms with E-state index in [1.807, 2.05) is 36.5 Å². The maximum atomic E-state index is 13.9. The number of benzene rings is 3. The summed E-state index contributed by atoms with van der Waals surface area (Å²) in [6, 6.07) is 21.3. The Morgan fingerprint density at radius 1 is 1.06 bits per heavy atom. The van der Waals surface area contributed by atoms with Gasteiger partial charge in [-0.1, -0.05) is 36.4 Å². The fraction of sp³-hybridized carbons (Fsp3) is 0.0769. The third-order valence-electron chi connectivity index (χ3n) is 5.17. The molecular weight excluding hydrogens is 407 g/mol. The van der Waals surface area contributed by atoms with Crippen LogP contribution < -0.4 is 9.47 Å². The highest BCUT2D eigenvalue weighted by molar-refractivity contribution is 6.14. The lowest BCUT2D eigenvalue weighted by atomic mass is 9.98. The van der Waals surface area contributed by atoms with Crippen LogP contribution in [0.5, 0.6) is 11.5 Å². The lowest BCUT2D eigenvalue weighted by Gasteiger charge is -2.19. The molecule has 158 valence electrons. The van der Waals surface area contributed by atoms with E-state index in [9.17, 15) is 9.18 Å². The van der Waals surface area contributed by atoms with E-state index in [2.05, 4.69) is 5.10 Å². The SMILES string of the molecule is O=C1C(=Cc2ccccc2F)COc2cc(OCc3cnn(-c4ccccc4)c3)ccc21. The smallest absolute Gasteiger partial charge is 0.196 e. The van der Waals surface area contributed by atoms with Crippen LogP contribution in [-0.2, 0) is 6.61 Å². The Hall–Kier alpha value is -4.19. The van der Waals surface area contributed by atoms with Gasteiger partial charge in [-0.3, -0.25) is 4.79 Å². The normalized spacial score (nSPS) is 14.2. The molecule has 0 bridgehead atoms. The van der Waals surface area contributed by atoms with E-state index in [0.29, 0.717) is 34.8 Å². The lowest BCUT2D eigenvalue weighted by molar-refractivity contribution is 0.100. The van der Waals surface area contributed by atoms with Gasteiger partial charge in [-0.15, -0.1) is 0 Å². The average Bonchev–Trinajstić information content (AvgIpc) is 3.31. The maximum absolute atomic E-state index is 13.9. The largest absolute Gasteiger partial charge is 0.489 e. The van der Waals surface area contributed by atoms with Crippen LogP contribution in [0, 0.1) is 5.82 Å². The summed E-state index contributed by atoms with van der Waals surface area (Å²) in [5, 5.41) is 4.36. The molecule has 4 aromatic rings. The van der Waals surface area contributed by atoms with Crippen molar-refractivity contribution in [3.05, 3.63) is 113 Å². The molecule has 2 heterocycles. The molecule has 0 saturated carbocycles. The van der Waals surface area contributed by atoms with Gasteiger partial charge in [0.05, 0.1) is 17.4 Å². The Bertz CT molecular complexity index is 1310. The molecule has 32 heavy (non-hydrogen) atoms. The van der Waals surface area contributed by atoms with E-state index in [1.165, 1.54) is 12.1 Å². The molecule has 6 heteroatoms. The second kappa shape index (κ2) is 8.51. The van der Waals surface area contributed by atoms with E-state index in [-0.39, 0.29) is 18.2 Å². The summed E-state index contributed by atoms with van der Waals surface area (Å²) in [7, 11) is 0. The van der Waals surface area contributed by atoms with E-state index in [0.717, 1.165) is 11.3 Å². The Morgan fingerprint density at radius 3 is 2.72 bits per heavy atom. The number of nitrogens with zero attached hydrogens (tertiary/aromatic N) is 2. The third-order valence-corrected chi connectivity index (χ3v) is 5.17. The van der Waals surface area contributed by atoms with E-state index < -0.39 is 0 Å². The summed E-state index contributed by atoms with van der Waals surface area (Å²) >= 11 is 0. The number of carbonyl (C=O) groups is 1. The minimum atomic E-state index is -0.377. The number of hydrogen-bond donors (Lipinski definition) is 0. The number of ketones is 1. The highest BCUT2D eigenvalue weighted by Gasteiger charge is 2.24. The molecule has 1 aliphatic rings. The minimum absolute atomic E-state index is 0.0769. The summed E-state index contributed by atoms with van der Waals surface area (Å²) in [4.78, 5) is 12.8. The average molecular weight is 426 g/mol. The fourth-order valence-corrected chi connectivity index (χ4v) is 3.50. The topological polar surface area (TPSA) is 53.4 Å². The van der Waals surface area contributed by atoms with Gasteiger partial charge < -0.3 is 9.47 Å². The van der Waals surface area contributed by atoms with Crippen molar-refractivity contribution in [2.45, 2.75) is 6.61 Å². The van der Waals surface area contributed by atoms with Crippen molar-refractivity contribution in [1.82, 2.24) is 9.78 Å². The Balaban J connectivity index is 1.29. The molecule has 0 atom stereocenters. The summed E-state index contributed by atoms with van der Waals surface area (Å²) < 4.78 is 27.3. The Morgan fingerprint density at radius 2 is 1.88 bits per heavy atom. The first kappa shape index (κ1) is 19.8. The quantitative estimate of drug-likeness (QED) is 0.409. The van der Waals surface area contributed by atoms with Gasteiger partial charge in [-0.25, -0.2) is 9.07 Å². The summed E-state index contributed by atoms with van der Waals surface area (Å²) in [6.07, 6.45) is 5.20. The maximum Gasteiger partial charge on any atom is 0.196 e. The van der Waals surface area contributed by atoms with Gasteiger partial charge >= 0.3 is 0 Å². The molecule has 1 aromatic heterocycles. The first-order valence-corrected chi connectivity index (χ1v) is 10.2. The lowest BCUT2D eigenvalue weighted by Crippen LogP contribution is -2.19. The number of para-hydroxylation sites is 1. The molecule has 0 aliphatic carbocycles. The van der Waals surface area contributed by atoms with Crippen molar-refractivity contribution >= 4 is 11.9 Å². The van der Waals surface area contributed by atoms with Crippen LogP contribution in [-0.4, -0.2) is 22.2 Å². The number of Topliss-reactive ketones (excluding diaryl/α,β-unsaturated/α-hetero) is 1. The fourth-order valence-electron chi connectivity index (χ4n) is 3.50. The Kier molecular flexibility index (Phi) is 5.25. The third kappa shape index (κ3) is 4.03. The zero-order valence-electron chi connectivity index (χ0n) is 17.1. The first-order chi connectivity index (χ1) is 15.7. The van der Waals surface area contributed by atoms with Gasteiger partial charge in [0.15, 0.2) is 5.78 Å². The first-order valence-electron chi connectivity index (χ1n) is 10.2. The van der Waals surface area contributed by atoms with Crippen LogP contribution in [0.2, 0.25) is 0 Å². The van der Waals surface area contributed by atoms with E-state index in [4.69, 9.17) is 9.47 Å². The number of carbonyl (C=O) groups excluding carboxylic acids is 1. The van der Waals surface area contributed by atoms with Crippen molar-refractivity contribution in [2.24, 2.45) is 0 Å². The molecule has 0 saturated heterocycles. The van der Waals surface area contributed by atoms with Crippen LogP contribution in [0.15, 0.2) is 90.8 Å². The van der Waals surface area contributed by atoms with E-state index in [1.54, 1.807) is 47.3 Å². The van der Waals surface area contributed by atoms with Crippen LogP contribution in [0.3, 0.4) is 0 Å². The van der Waals surface area contributed by atoms with Gasteiger partial charge in [-0.05, 0) is 36.4 Å². The van der Waals surface area contributed by atoms with Gasteiger partial charge in [-0.2, -0.15) is 5.10 Å². The van der Waals surface area contributed by atoms with Crippen molar-refractivity contribution in [3.63, 3.8) is 0 Å². The second-order valence-electron chi connectivity index (χ2n) is 7.38. The number of rotatable bonds is 5. The molecule has 0 N–H and O–H groups in total. The Labute approximate surface area is 184 Å². The monoisotopic (exact) mass is 426 g/mol. The van der Waals surface area contributed by atoms with Crippen molar-refractivity contribution < 1.29 is 18.7 Å². The number of fused-ring (bicyclic) bond motifs is 1. The van der Waals surface area contributed by atoms with Crippen LogP contribution in [0.1, 0.15) is 21.5 Å². The predicted octanol–water partition coefficient (Wildman–Crippen LogP) is 5.25. The van der Waals surface area contributed by atoms with Crippen LogP contribution in [0.4, 0.5) is 4.39 Å². The van der Waals surface area contributed by atoms with Gasteiger partial charge in [0, 0.05) is 29.0 Å². The molecule has 0 amide bonds. The van der Waals surface area contributed by atoms with Crippen molar-refractivity contribution in [1.29, 1.82) is 0 Å². The molecule has 5 nitrogen and oxygen atoms in total. The molecule has 0 fully saturated rings. The summed E-state index contributed by atoms with van der Waals surface area (Å²) in [5.41, 5.74) is 3.09. The van der Waals surface area contributed by atoms with Crippen molar-refractivity contribution in [3.8, 4) is 17.2 Å². The molecular formula is C26H19FN2O3. The number of aromatic nitrogens is 2. The van der Waals surface area contributed by atoms with Crippen LogP contribution >= 0.6 is 0 Å². The molecule has 0 spiro atoms. The zero-order chi connectivity index (χ0) is 21.9. The van der Waals surface area contributed by atoms with Gasteiger partial charge in [0.2, 0.25) is 0 Å². The summed E-state index contributed by atoms with van der Waals surface area (Å²) in [6.45, 7) is 0.408. The minimum Gasteiger partial charge on any atom is -0.489 e. The number of hydrogen-bond acceptors (Lipinski definition) is 4. The molecule has 0 radical (unpaired) electrons. The second-order valence-corrected chi connectivity index (χ2v) is 7.38. The summed E-state index contributed by atoms with van der Waals surface area (Å²) in [5.74, 6) is 0.492. The number of halogens is 1. The number of ether oxygens (including phenoxy) is 2. The molecule has 0 unspecified atom stereocenters. The van der Waals surface area contributed by atoms with Gasteiger partial charge in [0.1, 0.15) is 30.5 Å². The predicted molar refractivity (Wildman–Crippen MR) is 119 cm³/mol. The highest BCUT2D eigenvalue weighted by atomic mass is 19.1. The highest BCUT2D eigenvalue weighted by Crippen LogP contribution is 2.32. The molecule has 5 rings (SSSR count). The van der Waals surface area contributed by atoms with E-state index >= 15 is 0 Å². The molecule has 3 aromatic carbocycles. The zero-order valence-corrected chi connectivity index (χ0v) is 17.1. The molecule has 1 aliphatic heterocycles. The van der Waals surface area contributed by atoms with Crippen LogP contribution in [0.25, 0.3) is 11.8 Å².